The van der Waals surface area contributed by atoms with E-state index in [1.807, 2.05) is 6.92 Å². The zero-order chi connectivity index (χ0) is 35.1. The lowest BCUT2D eigenvalue weighted by Gasteiger charge is -2.39. The minimum Gasteiger partial charge on any atom is -0.348 e. The van der Waals surface area contributed by atoms with Crippen LogP contribution in [0, 0.1) is 0 Å². The molecule has 1 aromatic heterocycles. The first kappa shape index (κ1) is 38.8. The van der Waals surface area contributed by atoms with Gasteiger partial charge in [0, 0.05) is 50.0 Å². The summed E-state index contributed by atoms with van der Waals surface area (Å²) in [6, 6.07) is 0. The van der Waals surface area contributed by atoms with Crippen LogP contribution in [-0.4, -0.2) is 74.6 Å². The number of carbonyl (C=O) groups is 5. The quantitative estimate of drug-likeness (QED) is 0.133. The number of rotatable bonds is 13. The molecule has 0 N–H and O–H groups in total. The van der Waals surface area contributed by atoms with Crippen molar-refractivity contribution in [1.82, 2.24) is 19.9 Å². The van der Waals surface area contributed by atoms with Crippen LogP contribution >= 0.6 is 11.3 Å². The Balaban J connectivity index is 2.96. The van der Waals surface area contributed by atoms with Crippen LogP contribution in [0.2, 0.25) is 0 Å². The van der Waals surface area contributed by atoms with Gasteiger partial charge in [-0.25, -0.2) is 9.99 Å². The molecule has 0 bridgehead atoms. The van der Waals surface area contributed by atoms with E-state index in [4.69, 9.17) is 4.98 Å². The zero-order valence-electron chi connectivity index (χ0n) is 30.1. The lowest BCUT2D eigenvalue weighted by Crippen LogP contribution is -2.58. The van der Waals surface area contributed by atoms with Gasteiger partial charge in [0.25, 0.3) is 17.7 Å². The standard InChI is InChI=1S/C35H55N5O5S/c1-13-16-19-37(20-17-14-2)33-36-29(34(7,8)9)27(46-33)22-26-23(4)28(31(44)39(25(6)42)35(10,11)12)32(45)40(30(26)43)38(24(5)41)21-18-15-3/h22H,13-21H2,1-12H3/b26-22-. The van der Waals surface area contributed by atoms with E-state index in [-0.39, 0.29) is 28.7 Å². The lowest BCUT2D eigenvalue weighted by molar-refractivity contribution is -0.170. The summed E-state index contributed by atoms with van der Waals surface area (Å²) in [5, 5.41) is 2.76. The molecule has 0 aromatic carbocycles. The first-order valence-corrected chi connectivity index (χ1v) is 17.4. The fourth-order valence-electron chi connectivity index (χ4n) is 5.37. The van der Waals surface area contributed by atoms with Crippen molar-refractivity contribution < 1.29 is 24.0 Å². The zero-order valence-corrected chi connectivity index (χ0v) is 30.9. The van der Waals surface area contributed by atoms with E-state index < -0.39 is 35.1 Å². The molecular weight excluding hydrogens is 602 g/mol. The van der Waals surface area contributed by atoms with E-state index >= 15 is 0 Å². The van der Waals surface area contributed by atoms with Gasteiger partial charge in [-0.2, -0.15) is 5.01 Å². The molecule has 0 fully saturated rings. The summed E-state index contributed by atoms with van der Waals surface area (Å²) in [4.78, 5) is 77.3. The molecule has 0 saturated heterocycles. The van der Waals surface area contributed by atoms with Crippen molar-refractivity contribution in [2.75, 3.05) is 24.5 Å². The van der Waals surface area contributed by atoms with Gasteiger partial charge in [0.1, 0.15) is 5.57 Å². The van der Waals surface area contributed by atoms with Crippen LogP contribution in [0.3, 0.4) is 0 Å². The van der Waals surface area contributed by atoms with Gasteiger partial charge >= 0.3 is 0 Å². The normalized spacial score (nSPS) is 15.1. The highest BCUT2D eigenvalue weighted by atomic mass is 32.1. The van der Waals surface area contributed by atoms with Crippen molar-refractivity contribution >= 4 is 52.1 Å². The van der Waals surface area contributed by atoms with Crippen molar-refractivity contribution in [1.29, 1.82) is 0 Å². The Morgan fingerprint density at radius 2 is 1.35 bits per heavy atom. The van der Waals surface area contributed by atoms with Crippen molar-refractivity contribution in [3.8, 4) is 0 Å². The summed E-state index contributed by atoms with van der Waals surface area (Å²) in [6.45, 7) is 23.5. The number of anilines is 1. The third kappa shape index (κ3) is 8.92. The van der Waals surface area contributed by atoms with Crippen molar-refractivity contribution in [3.05, 3.63) is 27.3 Å². The molecule has 256 valence electrons. The highest BCUT2D eigenvalue weighted by Gasteiger charge is 2.46. The number of thiazole rings is 1. The topological polar surface area (TPSA) is 111 Å². The van der Waals surface area contributed by atoms with E-state index in [0.29, 0.717) is 6.42 Å². The number of nitrogens with zero attached hydrogens (tertiary/aromatic N) is 5. The second-order valence-corrected chi connectivity index (χ2v) is 15.0. The Morgan fingerprint density at radius 1 is 0.826 bits per heavy atom. The summed E-state index contributed by atoms with van der Waals surface area (Å²) >= 11 is 1.48. The summed E-state index contributed by atoms with van der Waals surface area (Å²) in [5.41, 5.74) is -0.568. The van der Waals surface area contributed by atoms with Crippen molar-refractivity contribution in [3.63, 3.8) is 0 Å². The molecule has 0 saturated carbocycles. The second kappa shape index (κ2) is 16.0. The van der Waals surface area contributed by atoms with Gasteiger partial charge in [0.15, 0.2) is 5.13 Å². The van der Waals surface area contributed by atoms with Crippen LogP contribution in [0.5, 0.6) is 0 Å². The van der Waals surface area contributed by atoms with Crippen molar-refractivity contribution in [2.24, 2.45) is 0 Å². The van der Waals surface area contributed by atoms with Crippen LogP contribution < -0.4 is 4.90 Å². The highest BCUT2D eigenvalue weighted by Crippen LogP contribution is 2.38. The van der Waals surface area contributed by atoms with Gasteiger partial charge in [-0.05, 0) is 58.6 Å². The SMILES string of the molecule is CCCCN(CCCC)c1nc(C(C)(C)C)c(/C=C2\C(=O)N(N(CCCC)C(C)=O)C(=O)C(C(=O)N(C(C)=O)C(C)(C)C)=C2C)s1. The summed E-state index contributed by atoms with van der Waals surface area (Å²) in [6.07, 6.45) is 7.10. The molecule has 1 aliphatic rings. The van der Waals surface area contributed by atoms with E-state index in [1.54, 1.807) is 33.8 Å². The Labute approximate surface area is 279 Å². The first-order chi connectivity index (χ1) is 21.3. The van der Waals surface area contributed by atoms with Crippen LogP contribution in [0.15, 0.2) is 16.7 Å². The van der Waals surface area contributed by atoms with Crippen LogP contribution in [0.4, 0.5) is 5.13 Å². The maximum atomic E-state index is 14.3. The molecule has 5 amide bonds. The molecule has 0 atom stereocenters. The van der Waals surface area contributed by atoms with Gasteiger partial charge in [-0.1, -0.05) is 72.1 Å². The monoisotopic (exact) mass is 657 g/mol. The Hall–Kier alpha value is -3.34. The predicted octanol–water partition coefficient (Wildman–Crippen LogP) is 6.65. The number of hydrogen-bond acceptors (Lipinski definition) is 8. The van der Waals surface area contributed by atoms with E-state index in [2.05, 4.69) is 39.5 Å². The Kier molecular flexibility index (Phi) is 13.5. The minimum absolute atomic E-state index is 0.109. The van der Waals surface area contributed by atoms with Gasteiger partial charge in [0.05, 0.1) is 10.6 Å². The second-order valence-electron chi connectivity index (χ2n) is 14.0. The molecule has 1 aliphatic heterocycles. The molecular formula is C35H55N5O5S. The van der Waals surface area contributed by atoms with Crippen molar-refractivity contribution in [2.45, 2.75) is 133 Å². The van der Waals surface area contributed by atoms with E-state index in [0.717, 1.165) is 75.8 Å². The largest absolute Gasteiger partial charge is 0.348 e. The van der Waals surface area contributed by atoms with Crippen LogP contribution in [0.25, 0.3) is 6.08 Å². The molecule has 2 heterocycles. The molecule has 2 rings (SSSR count). The minimum atomic E-state index is -0.943. The highest BCUT2D eigenvalue weighted by molar-refractivity contribution is 7.16. The lowest BCUT2D eigenvalue weighted by atomic mass is 9.89. The van der Waals surface area contributed by atoms with Gasteiger partial charge < -0.3 is 4.90 Å². The maximum absolute atomic E-state index is 14.3. The molecule has 0 unspecified atom stereocenters. The first-order valence-electron chi connectivity index (χ1n) is 16.5. The smallest absolute Gasteiger partial charge is 0.285 e. The molecule has 1 aromatic rings. The van der Waals surface area contributed by atoms with Gasteiger partial charge in [-0.15, -0.1) is 0 Å². The molecule has 0 aliphatic carbocycles. The fourth-order valence-corrected chi connectivity index (χ4v) is 6.64. The fraction of sp³-hybridized carbons (Fsp3) is 0.657. The third-order valence-corrected chi connectivity index (χ3v) is 8.86. The number of imide groups is 2. The molecule has 46 heavy (non-hydrogen) atoms. The average molecular weight is 658 g/mol. The predicted molar refractivity (Wildman–Crippen MR) is 185 cm³/mol. The number of amides is 5. The van der Waals surface area contributed by atoms with Crippen LogP contribution in [0.1, 0.15) is 132 Å². The molecule has 0 radical (unpaired) electrons. The van der Waals surface area contributed by atoms with E-state index in [9.17, 15) is 24.0 Å². The van der Waals surface area contributed by atoms with Gasteiger partial charge in [-0.3, -0.25) is 28.9 Å². The summed E-state index contributed by atoms with van der Waals surface area (Å²) < 4.78 is 0. The van der Waals surface area contributed by atoms with Crippen LogP contribution in [-0.2, 0) is 29.4 Å². The summed E-state index contributed by atoms with van der Waals surface area (Å²) in [5.74, 6) is -3.46. The maximum Gasteiger partial charge on any atom is 0.285 e. The molecule has 11 heteroatoms. The number of aromatic nitrogens is 1. The molecule has 10 nitrogen and oxygen atoms in total. The number of unbranched alkanes of at least 4 members (excludes halogenated alkanes) is 3. The Bertz CT molecular complexity index is 1370. The Morgan fingerprint density at radius 3 is 1.78 bits per heavy atom. The molecule has 0 spiro atoms. The summed E-state index contributed by atoms with van der Waals surface area (Å²) in [7, 11) is 0. The average Bonchev–Trinajstić information content (AvgIpc) is 3.36. The van der Waals surface area contributed by atoms with E-state index in [1.165, 1.54) is 25.2 Å². The number of hydrazine groups is 1. The third-order valence-electron chi connectivity index (χ3n) is 7.80. The number of carbonyl (C=O) groups excluding carboxylic acids is 5. The number of hydrogen-bond donors (Lipinski definition) is 0. The van der Waals surface area contributed by atoms with Gasteiger partial charge in [0.2, 0.25) is 11.8 Å².